The molecule has 1 aliphatic rings. The Morgan fingerprint density at radius 2 is 1.12 bits per heavy atom. The molecular formula is C32H34N6O4. The summed E-state index contributed by atoms with van der Waals surface area (Å²) in [5.41, 5.74) is 4.89. The van der Waals surface area contributed by atoms with Gasteiger partial charge in [0.25, 0.3) is 0 Å². The molecule has 0 spiro atoms. The minimum Gasteiger partial charge on any atom is -0.481 e. The third-order valence-electron chi connectivity index (χ3n) is 7.56. The van der Waals surface area contributed by atoms with Gasteiger partial charge in [0.05, 0.1) is 49.8 Å². The van der Waals surface area contributed by atoms with Gasteiger partial charge in [0.2, 0.25) is 11.8 Å². The second kappa shape index (κ2) is 13.8. The predicted molar refractivity (Wildman–Crippen MR) is 154 cm³/mol. The van der Waals surface area contributed by atoms with Crippen LogP contribution in [0.2, 0.25) is 0 Å². The zero-order chi connectivity index (χ0) is 29.3. The van der Waals surface area contributed by atoms with Crippen molar-refractivity contribution in [3.05, 3.63) is 94.8 Å². The molecule has 0 unspecified atom stereocenters. The molecule has 0 aliphatic heterocycles. The van der Waals surface area contributed by atoms with Gasteiger partial charge in [-0.15, -0.1) is 0 Å². The van der Waals surface area contributed by atoms with Gasteiger partial charge in [-0.1, -0.05) is 18.6 Å². The van der Waals surface area contributed by atoms with Crippen molar-refractivity contribution in [2.45, 2.75) is 63.2 Å². The highest BCUT2D eigenvalue weighted by atomic mass is 16.5. The number of carbonyl (C=O) groups is 2. The molecule has 1 fully saturated rings. The van der Waals surface area contributed by atoms with E-state index in [9.17, 15) is 9.59 Å². The van der Waals surface area contributed by atoms with Crippen LogP contribution in [0.3, 0.4) is 0 Å². The zero-order valence-electron chi connectivity index (χ0n) is 23.9. The molecular weight excluding hydrogens is 532 g/mol. The van der Waals surface area contributed by atoms with Crippen molar-refractivity contribution in [3.63, 3.8) is 0 Å². The summed E-state index contributed by atoms with van der Waals surface area (Å²) in [5.74, 6) is 1.70. The molecule has 1 saturated carbocycles. The lowest BCUT2D eigenvalue weighted by atomic mass is 9.78. The van der Waals surface area contributed by atoms with E-state index >= 15 is 0 Å². The number of rotatable bonds is 12. The molecule has 0 N–H and O–H groups in total. The number of hydrogen-bond acceptors (Lipinski definition) is 10. The van der Waals surface area contributed by atoms with Gasteiger partial charge in [0.15, 0.2) is 0 Å². The van der Waals surface area contributed by atoms with Gasteiger partial charge in [-0.05, 0) is 54.7 Å². The highest BCUT2D eigenvalue weighted by molar-refractivity contribution is 5.83. The maximum atomic E-state index is 12.5. The number of ketones is 2. The van der Waals surface area contributed by atoms with Crippen molar-refractivity contribution in [3.8, 4) is 11.8 Å². The molecule has 2 atom stereocenters. The fourth-order valence-electron chi connectivity index (χ4n) is 5.35. The van der Waals surface area contributed by atoms with Gasteiger partial charge in [-0.2, -0.15) is 20.4 Å². The lowest BCUT2D eigenvalue weighted by molar-refractivity contribution is -0.118. The van der Waals surface area contributed by atoms with Crippen LogP contribution < -0.4 is 9.47 Å². The van der Waals surface area contributed by atoms with E-state index in [1.807, 2.05) is 36.4 Å². The minimum absolute atomic E-state index is 0.0585. The summed E-state index contributed by atoms with van der Waals surface area (Å²) in [6.07, 6.45) is 8.40. The number of aromatic nitrogens is 6. The number of nitrogens with zero attached hydrogens (tertiary/aromatic N) is 6. The number of Topliss-reactive ketones (excluding diaryl/α,β-unsaturated/α-hetero) is 2. The van der Waals surface area contributed by atoms with Crippen molar-refractivity contribution < 1.29 is 19.1 Å². The molecule has 10 heteroatoms. The maximum absolute atomic E-state index is 12.5. The van der Waals surface area contributed by atoms with Crippen LogP contribution in [0.15, 0.2) is 60.9 Å². The molecule has 0 radical (unpaired) electrons. The topological polar surface area (TPSA) is 130 Å². The Morgan fingerprint density at radius 3 is 1.48 bits per heavy atom. The summed E-state index contributed by atoms with van der Waals surface area (Å²) in [6, 6.07) is 15.0. The molecule has 42 heavy (non-hydrogen) atoms. The summed E-state index contributed by atoms with van der Waals surface area (Å²) < 4.78 is 10.1. The fraction of sp³-hybridized carbons (Fsp3) is 0.375. The Kier molecular flexibility index (Phi) is 9.53. The largest absolute Gasteiger partial charge is 0.481 e. The number of ether oxygens (including phenoxy) is 2. The smallest absolute Gasteiger partial charge is 0.212 e. The maximum Gasteiger partial charge on any atom is 0.212 e. The van der Waals surface area contributed by atoms with E-state index in [2.05, 4.69) is 30.4 Å². The highest BCUT2D eigenvalue weighted by Gasteiger charge is 2.27. The summed E-state index contributed by atoms with van der Waals surface area (Å²) in [5, 5.41) is 17.7. The van der Waals surface area contributed by atoms with Crippen molar-refractivity contribution in [2.75, 3.05) is 14.2 Å². The first-order valence-electron chi connectivity index (χ1n) is 14.1. The van der Waals surface area contributed by atoms with Crippen LogP contribution in [0, 0.1) is 0 Å². The Bertz CT molecular complexity index is 1360. The zero-order valence-corrected chi connectivity index (χ0v) is 23.9. The van der Waals surface area contributed by atoms with Crippen LogP contribution in [0.25, 0.3) is 0 Å². The van der Waals surface area contributed by atoms with E-state index in [1.54, 1.807) is 38.7 Å². The third kappa shape index (κ3) is 7.78. The first kappa shape index (κ1) is 28.9. The first-order valence-corrected chi connectivity index (χ1v) is 14.1. The highest BCUT2D eigenvalue weighted by Crippen LogP contribution is 2.39. The predicted octanol–water partition coefficient (Wildman–Crippen LogP) is 4.22. The monoisotopic (exact) mass is 566 g/mol. The number of hydrogen-bond donors (Lipinski definition) is 0. The van der Waals surface area contributed by atoms with Gasteiger partial charge in [-0.3, -0.25) is 9.59 Å². The minimum atomic E-state index is 0.0585. The first-order chi connectivity index (χ1) is 20.5. The summed E-state index contributed by atoms with van der Waals surface area (Å²) >= 11 is 0. The second-order valence-corrected chi connectivity index (χ2v) is 10.7. The Hall–Kier alpha value is -4.60. The molecule has 4 heterocycles. The SMILES string of the molecule is COc1ccc(CC(=O)Cc2ccc([C@H]3CCC[C@H](c4ccc(CC(=O)Cc5ccc(OC)nc5)nn4)C3)nn2)cn1. The molecule has 0 saturated heterocycles. The standard InChI is InChI=1S/C32H34N6O4/c1-41-31-12-6-21(19-33-31)14-27(39)17-25-8-10-29(37-35-25)23-4-3-5-24(16-23)30-11-9-26(36-38-30)18-28(40)15-22-7-13-32(42-2)34-20-22/h6-13,19-20,23-24H,3-5,14-18H2,1-2H3/t23-,24-/m0/s1. The molecule has 0 amide bonds. The normalized spacial score (nSPS) is 16.5. The van der Waals surface area contributed by atoms with Crippen molar-refractivity contribution in [1.82, 2.24) is 30.4 Å². The number of carbonyl (C=O) groups excluding carboxylic acids is 2. The molecule has 0 aromatic carbocycles. The average molecular weight is 567 g/mol. The van der Waals surface area contributed by atoms with E-state index < -0.39 is 0 Å². The molecule has 4 aromatic rings. The average Bonchev–Trinajstić information content (AvgIpc) is 3.02. The summed E-state index contributed by atoms with van der Waals surface area (Å²) in [7, 11) is 3.12. The van der Waals surface area contributed by atoms with E-state index in [0.717, 1.165) is 48.2 Å². The van der Waals surface area contributed by atoms with E-state index in [4.69, 9.17) is 9.47 Å². The fourth-order valence-corrected chi connectivity index (χ4v) is 5.35. The lowest BCUT2D eigenvalue weighted by Crippen LogP contribution is -2.17. The summed E-state index contributed by atoms with van der Waals surface area (Å²) in [4.78, 5) is 33.4. The van der Waals surface area contributed by atoms with Crippen molar-refractivity contribution in [2.24, 2.45) is 0 Å². The van der Waals surface area contributed by atoms with Gasteiger partial charge in [0, 0.05) is 49.2 Å². The number of methoxy groups -OCH3 is 2. The third-order valence-corrected chi connectivity index (χ3v) is 7.56. The van der Waals surface area contributed by atoms with E-state index in [-0.39, 0.29) is 36.2 Å². The van der Waals surface area contributed by atoms with Crippen LogP contribution in [0.5, 0.6) is 11.8 Å². The van der Waals surface area contributed by atoms with Gasteiger partial charge in [-0.25, -0.2) is 9.97 Å². The van der Waals surface area contributed by atoms with Crippen molar-refractivity contribution in [1.29, 1.82) is 0 Å². The van der Waals surface area contributed by atoms with Crippen LogP contribution in [-0.4, -0.2) is 56.1 Å². The van der Waals surface area contributed by atoms with E-state index in [1.165, 1.54) is 0 Å². The quantitative estimate of drug-likeness (QED) is 0.246. The molecule has 1 aliphatic carbocycles. The van der Waals surface area contributed by atoms with Crippen LogP contribution >= 0.6 is 0 Å². The van der Waals surface area contributed by atoms with E-state index in [0.29, 0.717) is 36.0 Å². The molecule has 10 nitrogen and oxygen atoms in total. The van der Waals surface area contributed by atoms with Gasteiger partial charge < -0.3 is 9.47 Å². The molecule has 0 bridgehead atoms. The molecule has 4 aromatic heterocycles. The Morgan fingerprint density at radius 1 is 0.643 bits per heavy atom. The van der Waals surface area contributed by atoms with Crippen molar-refractivity contribution >= 4 is 11.6 Å². The van der Waals surface area contributed by atoms with Crippen LogP contribution in [0.1, 0.15) is 71.4 Å². The second-order valence-electron chi connectivity index (χ2n) is 10.7. The van der Waals surface area contributed by atoms with Crippen LogP contribution in [-0.2, 0) is 35.3 Å². The van der Waals surface area contributed by atoms with Gasteiger partial charge in [0.1, 0.15) is 11.6 Å². The Balaban J connectivity index is 1.12. The summed E-state index contributed by atoms with van der Waals surface area (Å²) in [6.45, 7) is 0. The molecule has 5 rings (SSSR count). The molecule has 216 valence electrons. The van der Waals surface area contributed by atoms with Crippen LogP contribution in [0.4, 0.5) is 0 Å². The Labute approximate surface area is 245 Å². The number of pyridine rings is 2. The lowest BCUT2D eigenvalue weighted by Gasteiger charge is -2.28. The van der Waals surface area contributed by atoms with Gasteiger partial charge >= 0.3 is 0 Å².